The molecule has 0 spiro atoms. The number of amides is 2. The number of carbonyl (C=O) groups is 2. The smallest absolute Gasteiger partial charge is 0.238 e. The van der Waals surface area contributed by atoms with Crippen molar-refractivity contribution in [3.05, 3.63) is 59.4 Å². The zero-order chi connectivity index (χ0) is 21.6. The third-order valence-corrected chi connectivity index (χ3v) is 3.79. The summed E-state index contributed by atoms with van der Waals surface area (Å²) in [6.07, 6.45) is 0.561. The van der Waals surface area contributed by atoms with Crippen LogP contribution in [0.4, 0.5) is 33.3 Å². The molecule has 29 heavy (non-hydrogen) atoms. The van der Waals surface area contributed by atoms with E-state index in [1.54, 1.807) is 6.92 Å². The number of anilines is 2. The topological polar surface area (TPSA) is 61.4 Å². The van der Waals surface area contributed by atoms with E-state index in [0.29, 0.717) is 25.1 Å². The van der Waals surface area contributed by atoms with E-state index in [9.17, 15) is 31.5 Å². The van der Waals surface area contributed by atoms with Gasteiger partial charge >= 0.3 is 0 Å². The van der Waals surface area contributed by atoms with Crippen LogP contribution < -0.4 is 10.6 Å². The van der Waals surface area contributed by atoms with E-state index in [4.69, 9.17) is 0 Å². The first kappa shape index (κ1) is 22.3. The van der Waals surface area contributed by atoms with Crippen molar-refractivity contribution in [2.45, 2.75) is 13.3 Å². The van der Waals surface area contributed by atoms with Crippen molar-refractivity contribution in [1.29, 1.82) is 0 Å². The van der Waals surface area contributed by atoms with Gasteiger partial charge in [0.15, 0.2) is 17.5 Å². The fraction of sp³-hybridized carbons (Fsp3) is 0.263. The van der Waals surface area contributed by atoms with Gasteiger partial charge in [0.05, 0.1) is 24.5 Å². The van der Waals surface area contributed by atoms with Gasteiger partial charge < -0.3 is 10.6 Å². The van der Waals surface area contributed by atoms with Gasteiger partial charge in [0.25, 0.3) is 0 Å². The Balaban J connectivity index is 1.99. The van der Waals surface area contributed by atoms with Gasteiger partial charge in [0.2, 0.25) is 11.8 Å². The summed E-state index contributed by atoms with van der Waals surface area (Å²) < 4.78 is 66.4. The fourth-order valence-electron chi connectivity index (χ4n) is 2.53. The number of hydrogen-bond donors (Lipinski definition) is 2. The summed E-state index contributed by atoms with van der Waals surface area (Å²) in [7, 11) is 0. The minimum Gasteiger partial charge on any atom is -0.322 e. The van der Waals surface area contributed by atoms with Crippen LogP contribution in [0.15, 0.2) is 30.3 Å². The van der Waals surface area contributed by atoms with Gasteiger partial charge in [-0.3, -0.25) is 14.5 Å². The van der Waals surface area contributed by atoms with Crippen molar-refractivity contribution in [2.24, 2.45) is 0 Å². The summed E-state index contributed by atoms with van der Waals surface area (Å²) in [4.78, 5) is 25.6. The van der Waals surface area contributed by atoms with Crippen LogP contribution in [0.3, 0.4) is 0 Å². The summed E-state index contributed by atoms with van der Waals surface area (Å²) in [6.45, 7) is 1.43. The summed E-state index contributed by atoms with van der Waals surface area (Å²) in [5.74, 6) is -7.81. The number of nitrogens with zero attached hydrogens (tertiary/aromatic N) is 1. The second-order valence-electron chi connectivity index (χ2n) is 6.15. The number of carbonyl (C=O) groups excluding carboxylic acids is 2. The Morgan fingerprint density at radius 1 is 0.828 bits per heavy atom. The number of benzene rings is 2. The normalized spacial score (nSPS) is 10.9. The maximum absolute atomic E-state index is 13.7. The van der Waals surface area contributed by atoms with Gasteiger partial charge in [-0.05, 0) is 37.2 Å². The quantitative estimate of drug-likeness (QED) is 0.511. The predicted octanol–water partition coefficient (Wildman–Crippen LogP) is 3.67. The Morgan fingerprint density at radius 2 is 1.41 bits per heavy atom. The van der Waals surface area contributed by atoms with E-state index >= 15 is 0 Å². The molecule has 0 unspecified atom stereocenters. The lowest BCUT2D eigenvalue weighted by molar-refractivity contribution is -0.120. The first-order valence-electron chi connectivity index (χ1n) is 8.61. The molecule has 0 aliphatic heterocycles. The van der Waals surface area contributed by atoms with Gasteiger partial charge in [-0.2, -0.15) is 0 Å². The molecule has 0 aromatic heterocycles. The van der Waals surface area contributed by atoms with Gasteiger partial charge in [-0.1, -0.05) is 6.92 Å². The molecule has 0 aliphatic carbocycles. The van der Waals surface area contributed by atoms with E-state index in [1.807, 2.05) is 0 Å². The molecular weight excluding hydrogens is 397 g/mol. The molecule has 156 valence electrons. The lowest BCUT2D eigenvalue weighted by atomic mass is 10.2. The molecule has 0 radical (unpaired) electrons. The maximum atomic E-state index is 13.7. The minimum atomic E-state index is -1.71. The van der Waals surface area contributed by atoms with Crippen molar-refractivity contribution in [3.63, 3.8) is 0 Å². The van der Waals surface area contributed by atoms with Gasteiger partial charge in [-0.15, -0.1) is 0 Å². The molecule has 2 N–H and O–H groups in total. The van der Waals surface area contributed by atoms with Crippen LogP contribution in [0.1, 0.15) is 13.3 Å². The summed E-state index contributed by atoms with van der Waals surface area (Å²) in [5, 5.41) is 4.38. The monoisotopic (exact) mass is 415 g/mol. The first-order valence-corrected chi connectivity index (χ1v) is 8.61. The second kappa shape index (κ2) is 9.97. The van der Waals surface area contributed by atoms with E-state index in [0.717, 1.165) is 18.2 Å². The summed E-state index contributed by atoms with van der Waals surface area (Å²) in [6, 6.07) is 4.20. The lowest BCUT2D eigenvalue weighted by Gasteiger charge is -2.21. The van der Waals surface area contributed by atoms with Crippen LogP contribution >= 0.6 is 0 Å². The van der Waals surface area contributed by atoms with Gasteiger partial charge in [0, 0.05) is 6.07 Å². The molecule has 0 fully saturated rings. The van der Waals surface area contributed by atoms with Crippen molar-refractivity contribution in [1.82, 2.24) is 4.90 Å². The highest BCUT2D eigenvalue weighted by molar-refractivity contribution is 5.94. The molecule has 0 bridgehead atoms. The largest absolute Gasteiger partial charge is 0.322 e. The average Bonchev–Trinajstić information content (AvgIpc) is 2.64. The highest BCUT2D eigenvalue weighted by Gasteiger charge is 2.18. The predicted molar refractivity (Wildman–Crippen MR) is 96.7 cm³/mol. The van der Waals surface area contributed by atoms with Crippen molar-refractivity contribution in [3.8, 4) is 0 Å². The molecule has 0 saturated heterocycles. The summed E-state index contributed by atoms with van der Waals surface area (Å²) >= 11 is 0. The van der Waals surface area contributed by atoms with Crippen LogP contribution in [0.2, 0.25) is 0 Å². The van der Waals surface area contributed by atoms with Crippen LogP contribution in [0.5, 0.6) is 0 Å². The van der Waals surface area contributed by atoms with Crippen LogP contribution in [-0.2, 0) is 9.59 Å². The molecule has 2 rings (SSSR count). The Labute approximate surface area is 163 Å². The van der Waals surface area contributed by atoms with Crippen LogP contribution in [0, 0.1) is 29.1 Å². The van der Waals surface area contributed by atoms with Crippen LogP contribution in [0.25, 0.3) is 0 Å². The molecule has 0 heterocycles. The fourth-order valence-corrected chi connectivity index (χ4v) is 2.53. The minimum absolute atomic E-state index is 0.221. The standard InChI is InChI=1S/C19H18F5N3O2/c1-2-7-27(9-16(28)25-14-5-3-11(20)8-13(14)22)10-17(29)26-15-6-4-12(21)18(23)19(15)24/h3-6,8H,2,7,9-10H2,1H3,(H,25,28)(H,26,29). The highest BCUT2D eigenvalue weighted by atomic mass is 19.2. The molecule has 0 atom stereocenters. The summed E-state index contributed by atoms with van der Waals surface area (Å²) in [5.41, 5.74) is -0.760. The zero-order valence-electron chi connectivity index (χ0n) is 15.4. The molecule has 2 aromatic carbocycles. The Morgan fingerprint density at radius 3 is 2.00 bits per heavy atom. The third-order valence-electron chi connectivity index (χ3n) is 3.79. The number of halogens is 5. The second-order valence-corrected chi connectivity index (χ2v) is 6.15. The van der Waals surface area contributed by atoms with E-state index in [2.05, 4.69) is 10.6 Å². The van der Waals surface area contributed by atoms with E-state index in [-0.39, 0.29) is 18.8 Å². The molecule has 2 amide bonds. The first-order chi connectivity index (χ1) is 13.7. The Bertz CT molecular complexity index is 908. The van der Waals surface area contributed by atoms with Gasteiger partial charge in [-0.25, -0.2) is 22.0 Å². The van der Waals surface area contributed by atoms with Crippen molar-refractivity contribution >= 4 is 23.2 Å². The average molecular weight is 415 g/mol. The molecule has 0 saturated carbocycles. The number of hydrogen-bond acceptors (Lipinski definition) is 3. The SMILES string of the molecule is CCCN(CC(=O)Nc1ccc(F)cc1F)CC(=O)Nc1ccc(F)c(F)c1F. The molecule has 0 aliphatic rings. The molecular formula is C19H18F5N3O2. The van der Waals surface area contributed by atoms with Gasteiger partial charge in [0.1, 0.15) is 11.6 Å². The van der Waals surface area contributed by atoms with Crippen molar-refractivity contribution < 1.29 is 31.5 Å². The maximum Gasteiger partial charge on any atom is 0.238 e. The van der Waals surface area contributed by atoms with E-state index in [1.165, 1.54) is 4.90 Å². The van der Waals surface area contributed by atoms with Crippen molar-refractivity contribution in [2.75, 3.05) is 30.3 Å². The van der Waals surface area contributed by atoms with Crippen LogP contribution in [-0.4, -0.2) is 36.3 Å². The Kier molecular flexibility index (Phi) is 7.66. The highest BCUT2D eigenvalue weighted by Crippen LogP contribution is 2.19. The lowest BCUT2D eigenvalue weighted by Crippen LogP contribution is -2.39. The zero-order valence-corrected chi connectivity index (χ0v) is 15.4. The molecule has 5 nitrogen and oxygen atoms in total. The number of rotatable bonds is 8. The van der Waals surface area contributed by atoms with E-state index < -0.39 is 46.6 Å². The third kappa shape index (κ3) is 6.24. The molecule has 10 heteroatoms. The molecule has 2 aromatic rings. The number of nitrogens with one attached hydrogen (secondary N) is 2. The Hall–Kier alpha value is -3.01.